The molecule has 0 saturated carbocycles. The number of aryl methyl sites for hydroxylation is 1. The molecule has 0 unspecified atom stereocenters. The van der Waals surface area contributed by atoms with Crippen LogP contribution in [-0.4, -0.2) is 25.0 Å². The van der Waals surface area contributed by atoms with E-state index >= 15 is 0 Å². The molecule has 2 heteroatoms. The normalized spacial score (nSPS) is 19.8. The summed E-state index contributed by atoms with van der Waals surface area (Å²) in [5, 5.41) is 9.54. The summed E-state index contributed by atoms with van der Waals surface area (Å²) in [7, 11) is 2.13. The average Bonchev–Trinajstić information content (AvgIpc) is 2.40. The number of hydrogen-bond donors (Lipinski definition) is 0. The molecule has 1 aliphatic rings. The first-order chi connectivity index (χ1) is 8.20. The molecule has 1 aliphatic heterocycles. The minimum Gasteiger partial charge on any atom is -0.306 e. The van der Waals surface area contributed by atoms with Gasteiger partial charge in [0.05, 0.1) is 11.5 Å². The number of hydrogen-bond acceptors (Lipinski definition) is 2. The first kappa shape index (κ1) is 12.1. The standard InChI is InChI=1S/C15H20N2/c1-3-13-4-6-14(7-5-13)15(12-16)8-10-17(2)11-9-15/h4-7H,3,8-11H2,1-2H3. The molecule has 0 radical (unpaired) electrons. The maximum absolute atomic E-state index is 9.54. The lowest BCUT2D eigenvalue weighted by molar-refractivity contribution is 0.222. The van der Waals surface area contributed by atoms with Crippen LogP contribution in [0.2, 0.25) is 0 Å². The van der Waals surface area contributed by atoms with Crippen molar-refractivity contribution in [1.29, 1.82) is 5.26 Å². The molecule has 0 spiro atoms. The lowest BCUT2D eigenvalue weighted by Gasteiger charge is -2.35. The molecule has 0 aromatic heterocycles. The lowest BCUT2D eigenvalue weighted by Crippen LogP contribution is -2.39. The Kier molecular flexibility index (Phi) is 3.49. The van der Waals surface area contributed by atoms with Crippen LogP contribution in [-0.2, 0) is 11.8 Å². The summed E-state index contributed by atoms with van der Waals surface area (Å²) in [6.45, 7) is 4.19. The van der Waals surface area contributed by atoms with Crippen molar-refractivity contribution in [3.05, 3.63) is 35.4 Å². The second-order valence-corrected chi connectivity index (χ2v) is 5.05. The van der Waals surface area contributed by atoms with E-state index in [-0.39, 0.29) is 5.41 Å². The van der Waals surface area contributed by atoms with Crippen LogP contribution in [0.4, 0.5) is 0 Å². The van der Waals surface area contributed by atoms with Crippen LogP contribution in [0.5, 0.6) is 0 Å². The van der Waals surface area contributed by atoms with Crippen LogP contribution in [0, 0.1) is 11.3 Å². The fourth-order valence-corrected chi connectivity index (χ4v) is 2.52. The Hall–Kier alpha value is -1.33. The van der Waals surface area contributed by atoms with Crippen molar-refractivity contribution in [1.82, 2.24) is 4.90 Å². The molecule has 2 nitrogen and oxygen atoms in total. The van der Waals surface area contributed by atoms with Crippen molar-refractivity contribution in [2.24, 2.45) is 0 Å². The van der Waals surface area contributed by atoms with Gasteiger partial charge in [-0.25, -0.2) is 0 Å². The van der Waals surface area contributed by atoms with E-state index in [0.29, 0.717) is 0 Å². The number of rotatable bonds is 2. The number of piperidine rings is 1. The summed E-state index contributed by atoms with van der Waals surface area (Å²) in [4.78, 5) is 2.30. The van der Waals surface area contributed by atoms with Crippen LogP contribution in [0.1, 0.15) is 30.9 Å². The van der Waals surface area contributed by atoms with Gasteiger partial charge in [0.25, 0.3) is 0 Å². The molecule has 1 fully saturated rings. The molecule has 1 aromatic carbocycles. The Morgan fingerprint density at radius 3 is 2.29 bits per heavy atom. The molecule has 1 saturated heterocycles. The summed E-state index contributed by atoms with van der Waals surface area (Å²) in [5.41, 5.74) is 2.29. The van der Waals surface area contributed by atoms with Gasteiger partial charge in [-0.2, -0.15) is 5.26 Å². The number of benzene rings is 1. The summed E-state index contributed by atoms with van der Waals surface area (Å²) in [6, 6.07) is 11.2. The lowest BCUT2D eigenvalue weighted by atomic mass is 9.74. The minimum absolute atomic E-state index is 0.251. The average molecular weight is 228 g/mol. The zero-order valence-corrected chi connectivity index (χ0v) is 10.7. The van der Waals surface area contributed by atoms with E-state index in [2.05, 4.69) is 49.2 Å². The Bertz CT molecular complexity index is 406. The third kappa shape index (κ3) is 2.35. The number of nitrogens with zero attached hydrogens (tertiary/aromatic N) is 2. The van der Waals surface area contributed by atoms with Gasteiger partial charge < -0.3 is 4.90 Å². The molecule has 0 atom stereocenters. The highest BCUT2D eigenvalue weighted by molar-refractivity contribution is 5.35. The Balaban J connectivity index is 2.26. The Morgan fingerprint density at radius 2 is 1.82 bits per heavy atom. The first-order valence-corrected chi connectivity index (χ1v) is 6.39. The third-order valence-corrected chi connectivity index (χ3v) is 3.97. The van der Waals surface area contributed by atoms with Crippen molar-refractivity contribution in [3.8, 4) is 6.07 Å². The van der Waals surface area contributed by atoms with Gasteiger partial charge in [0.1, 0.15) is 0 Å². The van der Waals surface area contributed by atoms with Crippen molar-refractivity contribution < 1.29 is 0 Å². The topological polar surface area (TPSA) is 27.0 Å². The van der Waals surface area contributed by atoms with E-state index < -0.39 is 0 Å². The fourth-order valence-electron chi connectivity index (χ4n) is 2.52. The zero-order valence-electron chi connectivity index (χ0n) is 10.7. The SMILES string of the molecule is CCc1ccc(C2(C#N)CCN(C)CC2)cc1. The molecular formula is C15H20N2. The van der Waals surface area contributed by atoms with Crippen LogP contribution >= 0.6 is 0 Å². The fraction of sp³-hybridized carbons (Fsp3) is 0.533. The molecule has 1 aromatic rings. The summed E-state index contributed by atoms with van der Waals surface area (Å²) >= 11 is 0. The molecule has 1 heterocycles. The van der Waals surface area contributed by atoms with Crippen molar-refractivity contribution >= 4 is 0 Å². The smallest absolute Gasteiger partial charge is 0.0846 e. The quantitative estimate of drug-likeness (QED) is 0.778. The van der Waals surface area contributed by atoms with Gasteiger partial charge in [0, 0.05) is 0 Å². The first-order valence-electron chi connectivity index (χ1n) is 6.39. The molecule has 0 aliphatic carbocycles. The summed E-state index contributed by atoms with van der Waals surface area (Å²) < 4.78 is 0. The predicted molar refractivity (Wildman–Crippen MR) is 69.8 cm³/mol. The van der Waals surface area contributed by atoms with Gasteiger partial charge in [-0.1, -0.05) is 31.2 Å². The van der Waals surface area contributed by atoms with Crippen LogP contribution < -0.4 is 0 Å². The van der Waals surface area contributed by atoms with E-state index in [1.54, 1.807) is 0 Å². The largest absolute Gasteiger partial charge is 0.306 e. The van der Waals surface area contributed by atoms with E-state index in [0.717, 1.165) is 32.4 Å². The zero-order chi connectivity index (χ0) is 12.3. The predicted octanol–water partition coefficient (Wildman–Crippen LogP) is 2.74. The maximum atomic E-state index is 9.54. The Morgan fingerprint density at radius 1 is 1.24 bits per heavy atom. The van der Waals surface area contributed by atoms with Crippen LogP contribution in [0.15, 0.2) is 24.3 Å². The van der Waals surface area contributed by atoms with Crippen molar-refractivity contribution in [2.75, 3.05) is 20.1 Å². The summed E-state index contributed by atoms with van der Waals surface area (Å²) in [5.74, 6) is 0. The van der Waals surface area contributed by atoms with Gasteiger partial charge in [-0.05, 0) is 50.5 Å². The monoisotopic (exact) mass is 228 g/mol. The molecule has 0 bridgehead atoms. The van der Waals surface area contributed by atoms with Gasteiger partial charge >= 0.3 is 0 Å². The molecule has 90 valence electrons. The molecule has 17 heavy (non-hydrogen) atoms. The molecular weight excluding hydrogens is 208 g/mol. The van der Waals surface area contributed by atoms with E-state index in [9.17, 15) is 5.26 Å². The minimum atomic E-state index is -0.251. The van der Waals surface area contributed by atoms with Crippen LogP contribution in [0.3, 0.4) is 0 Å². The highest BCUT2D eigenvalue weighted by atomic mass is 15.1. The molecule has 0 amide bonds. The summed E-state index contributed by atoms with van der Waals surface area (Å²) in [6.07, 6.45) is 2.96. The molecule has 2 rings (SSSR count). The Labute approximate surface area is 104 Å². The van der Waals surface area contributed by atoms with Gasteiger partial charge in [0.2, 0.25) is 0 Å². The van der Waals surface area contributed by atoms with Gasteiger partial charge in [-0.15, -0.1) is 0 Å². The third-order valence-electron chi connectivity index (χ3n) is 3.97. The van der Waals surface area contributed by atoms with Crippen molar-refractivity contribution in [3.63, 3.8) is 0 Å². The highest BCUT2D eigenvalue weighted by Crippen LogP contribution is 2.34. The molecule has 0 N–H and O–H groups in total. The second-order valence-electron chi connectivity index (χ2n) is 5.05. The van der Waals surface area contributed by atoms with Gasteiger partial charge in [0.15, 0.2) is 0 Å². The number of nitriles is 1. The number of likely N-dealkylation sites (tertiary alicyclic amines) is 1. The van der Waals surface area contributed by atoms with E-state index in [4.69, 9.17) is 0 Å². The maximum Gasteiger partial charge on any atom is 0.0846 e. The van der Waals surface area contributed by atoms with E-state index in [1.165, 1.54) is 11.1 Å². The van der Waals surface area contributed by atoms with Gasteiger partial charge in [-0.3, -0.25) is 0 Å². The highest BCUT2D eigenvalue weighted by Gasteiger charge is 2.35. The van der Waals surface area contributed by atoms with Crippen molar-refractivity contribution in [2.45, 2.75) is 31.6 Å². The van der Waals surface area contributed by atoms with E-state index in [1.807, 2.05) is 0 Å². The van der Waals surface area contributed by atoms with Crippen LogP contribution in [0.25, 0.3) is 0 Å². The second kappa shape index (κ2) is 4.89.